The van der Waals surface area contributed by atoms with Crippen LogP contribution in [0.5, 0.6) is 5.75 Å². The zero-order chi connectivity index (χ0) is 22.5. The number of nitrogens with one attached hydrogen (secondary N) is 2. The summed E-state index contributed by atoms with van der Waals surface area (Å²) in [6, 6.07) is 10.5. The third-order valence-corrected chi connectivity index (χ3v) is 5.32. The number of ether oxygens (including phenoxy) is 1. The van der Waals surface area contributed by atoms with E-state index in [1.165, 1.54) is 12.7 Å². The van der Waals surface area contributed by atoms with E-state index < -0.39 is 28.0 Å². The van der Waals surface area contributed by atoms with Gasteiger partial charge in [0, 0.05) is 18.7 Å². The predicted octanol–water partition coefficient (Wildman–Crippen LogP) is 2.47. The standard InChI is InChI=1S/C18H16F3N5O4S/c19-18(20,21)30-15-5-7-16(8-6-15)31(28,29)24-10-9-17(27)25-13-1-3-14(4-2-13)26-12-22-11-23-26/h1-8,11-12,24H,9-10H2,(H,25,27). The molecule has 0 aliphatic heterocycles. The first-order valence-corrected chi connectivity index (χ1v) is 10.2. The van der Waals surface area contributed by atoms with Gasteiger partial charge in [0.15, 0.2) is 0 Å². The summed E-state index contributed by atoms with van der Waals surface area (Å²) in [5.41, 5.74) is 1.26. The Balaban J connectivity index is 1.49. The van der Waals surface area contributed by atoms with Gasteiger partial charge in [0.2, 0.25) is 15.9 Å². The van der Waals surface area contributed by atoms with Crippen molar-refractivity contribution in [2.45, 2.75) is 17.7 Å². The van der Waals surface area contributed by atoms with Crippen molar-refractivity contribution >= 4 is 21.6 Å². The summed E-state index contributed by atoms with van der Waals surface area (Å²) in [5, 5.41) is 6.61. The minimum atomic E-state index is -4.87. The van der Waals surface area contributed by atoms with Crippen molar-refractivity contribution in [2.75, 3.05) is 11.9 Å². The Morgan fingerprint density at radius 3 is 2.32 bits per heavy atom. The fourth-order valence-corrected chi connectivity index (χ4v) is 3.50. The highest BCUT2D eigenvalue weighted by Crippen LogP contribution is 2.23. The van der Waals surface area contributed by atoms with Gasteiger partial charge in [-0.05, 0) is 48.5 Å². The van der Waals surface area contributed by atoms with Crippen molar-refractivity contribution in [3.05, 3.63) is 61.2 Å². The van der Waals surface area contributed by atoms with Crippen molar-refractivity contribution in [3.63, 3.8) is 0 Å². The van der Waals surface area contributed by atoms with E-state index in [-0.39, 0.29) is 17.9 Å². The molecule has 0 atom stereocenters. The second-order valence-electron chi connectivity index (χ2n) is 6.10. The van der Waals surface area contributed by atoms with Crippen LogP contribution in [0.1, 0.15) is 6.42 Å². The number of anilines is 1. The first-order valence-electron chi connectivity index (χ1n) is 8.73. The van der Waals surface area contributed by atoms with Crippen LogP contribution in [0.25, 0.3) is 5.69 Å². The molecule has 3 rings (SSSR count). The first kappa shape index (κ1) is 22.2. The van der Waals surface area contributed by atoms with Gasteiger partial charge in [0.05, 0.1) is 10.6 Å². The highest BCUT2D eigenvalue weighted by Gasteiger charge is 2.31. The maximum atomic E-state index is 12.2. The van der Waals surface area contributed by atoms with E-state index in [2.05, 4.69) is 24.9 Å². The molecular weight excluding hydrogens is 439 g/mol. The van der Waals surface area contributed by atoms with E-state index >= 15 is 0 Å². The van der Waals surface area contributed by atoms with Gasteiger partial charge in [0.25, 0.3) is 0 Å². The lowest BCUT2D eigenvalue weighted by atomic mass is 10.2. The van der Waals surface area contributed by atoms with Crippen LogP contribution in [0.15, 0.2) is 66.1 Å². The number of benzene rings is 2. The first-order chi connectivity index (χ1) is 14.6. The van der Waals surface area contributed by atoms with Gasteiger partial charge in [0.1, 0.15) is 18.4 Å². The maximum absolute atomic E-state index is 12.2. The lowest BCUT2D eigenvalue weighted by Crippen LogP contribution is -2.27. The van der Waals surface area contributed by atoms with Crippen LogP contribution >= 0.6 is 0 Å². The molecule has 9 nitrogen and oxygen atoms in total. The van der Waals surface area contributed by atoms with E-state index in [1.54, 1.807) is 28.9 Å². The molecule has 0 spiro atoms. The molecule has 0 saturated carbocycles. The number of halogens is 3. The van der Waals surface area contributed by atoms with Crippen molar-refractivity contribution in [1.82, 2.24) is 19.5 Å². The minimum absolute atomic E-state index is 0.153. The molecule has 1 heterocycles. The Kier molecular flexibility index (Phi) is 6.56. The number of amides is 1. The highest BCUT2D eigenvalue weighted by molar-refractivity contribution is 7.89. The van der Waals surface area contributed by atoms with Gasteiger partial charge >= 0.3 is 6.36 Å². The van der Waals surface area contributed by atoms with Crippen LogP contribution in [-0.4, -0.2) is 42.0 Å². The lowest BCUT2D eigenvalue weighted by molar-refractivity contribution is -0.274. The number of rotatable bonds is 8. The molecule has 0 unspecified atom stereocenters. The zero-order valence-electron chi connectivity index (χ0n) is 15.7. The molecule has 0 aliphatic carbocycles. The fraction of sp³-hybridized carbons (Fsp3) is 0.167. The molecule has 164 valence electrons. The van der Waals surface area contributed by atoms with Crippen LogP contribution < -0.4 is 14.8 Å². The molecule has 1 amide bonds. The molecule has 13 heteroatoms. The quantitative estimate of drug-likeness (QED) is 0.539. The van der Waals surface area contributed by atoms with Crippen molar-refractivity contribution in [1.29, 1.82) is 0 Å². The summed E-state index contributed by atoms with van der Waals surface area (Å²) in [4.78, 5) is 15.6. The fourth-order valence-electron chi connectivity index (χ4n) is 2.47. The minimum Gasteiger partial charge on any atom is -0.406 e. The summed E-state index contributed by atoms with van der Waals surface area (Å²) in [6.45, 7) is -0.202. The lowest BCUT2D eigenvalue weighted by Gasteiger charge is -2.10. The largest absolute Gasteiger partial charge is 0.573 e. The maximum Gasteiger partial charge on any atom is 0.573 e. The SMILES string of the molecule is O=C(CCNS(=O)(=O)c1ccc(OC(F)(F)F)cc1)Nc1ccc(-n2cncn2)cc1. The number of hydrogen-bond acceptors (Lipinski definition) is 6. The number of carbonyl (C=O) groups excluding carboxylic acids is 1. The molecular formula is C18H16F3N5O4S. The molecule has 2 aromatic carbocycles. The van der Waals surface area contributed by atoms with Crippen molar-refractivity contribution in [2.24, 2.45) is 0 Å². The van der Waals surface area contributed by atoms with Crippen LogP contribution in [-0.2, 0) is 14.8 Å². The van der Waals surface area contributed by atoms with Gasteiger partial charge in [-0.25, -0.2) is 22.8 Å². The second-order valence-corrected chi connectivity index (χ2v) is 7.87. The molecule has 0 aliphatic rings. The molecule has 31 heavy (non-hydrogen) atoms. The van der Waals surface area contributed by atoms with Crippen molar-refractivity contribution in [3.8, 4) is 11.4 Å². The molecule has 0 radical (unpaired) electrons. The summed E-state index contributed by atoms with van der Waals surface area (Å²) < 4.78 is 68.3. The summed E-state index contributed by atoms with van der Waals surface area (Å²) in [7, 11) is -4.00. The Hall–Kier alpha value is -3.45. The Bertz CT molecular complexity index is 1120. The Morgan fingerprint density at radius 2 is 1.74 bits per heavy atom. The molecule has 0 saturated heterocycles. The number of hydrogen-bond donors (Lipinski definition) is 2. The van der Waals surface area contributed by atoms with E-state index in [0.717, 1.165) is 30.0 Å². The van der Waals surface area contributed by atoms with E-state index in [1.807, 2.05) is 0 Å². The Morgan fingerprint density at radius 1 is 1.06 bits per heavy atom. The van der Waals surface area contributed by atoms with Crippen LogP contribution in [0.4, 0.5) is 18.9 Å². The van der Waals surface area contributed by atoms with Crippen molar-refractivity contribution < 1.29 is 31.1 Å². The monoisotopic (exact) mass is 455 g/mol. The third kappa shape index (κ3) is 6.52. The average Bonchev–Trinajstić information content (AvgIpc) is 3.22. The highest BCUT2D eigenvalue weighted by atomic mass is 32.2. The van der Waals surface area contributed by atoms with Gasteiger partial charge < -0.3 is 10.1 Å². The topological polar surface area (TPSA) is 115 Å². The normalized spacial score (nSPS) is 11.8. The van der Waals surface area contributed by atoms with E-state index in [4.69, 9.17) is 0 Å². The number of nitrogens with zero attached hydrogens (tertiary/aromatic N) is 3. The molecule has 3 aromatic rings. The van der Waals surface area contributed by atoms with Gasteiger partial charge in [-0.1, -0.05) is 0 Å². The summed E-state index contributed by atoms with van der Waals surface area (Å²) >= 11 is 0. The van der Waals surface area contributed by atoms with Gasteiger partial charge in [-0.2, -0.15) is 5.10 Å². The van der Waals surface area contributed by atoms with Crippen LogP contribution in [0.3, 0.4) is 0 Å². The molecule has 0 bridgehead atoms. The van der Waals surface area contributed by atoms with Crippen LogP contribution in [0.2, 0.25) is 0 Å². The van der Waals surface area contributed by atoms with E-state index in [0.29, 0.717) is 5.69 Å². The zero-order valence-corrected chi connectivity index (χ0v) is 16.5. The van der Waals surface area contributed by atoms with Crippen LogP contribution in [0, 0.1) is 0 Å². The molecule has 0 fully saturated rings. The summed E-state index contributed by atoms with van der Waals surface area (Å²) in [6.07, 6.45) is -2.11. The van der Waals surface area contributed by atoms with Gasteiger partial charge in [-0.3, -0.25) is 4.79 Å². The number of alkyl halides is 3. The smallest absolute Gasteiger partial charge is 0.406 e. The Labute approximate surface area is 174 Å². The molecule has 2 N–H and O–H groups in total. The van der Waals surface area contributed by atoms with Gasteiger partial charge in [-0.15, -0.1) is 13.2 Å². The van der Waals surface area contributed by atoms with E-state index in [9.17, 15) is 26.4 Å². The number of sulfonamides is 1. The summed E-state index contributed by atoms with van der Waals surface area (Å²) in [5.74, 6) is -0.967. The number of carbonyl (C=O) groups is 1. The number of aromatic nitrogens is 3. The predicted molar refractivity (Wildman–Crippen MR) is 103 cm³/mol. The second kappa shape index (κ2) is 9.14. The molecule has 1 aromatic heterocycles. The average molecular weight is 455 g/mol. The third-order valence-electron chi connectivity index (χ3n) is 3.85.